The van der Waals surface area contributed by atoms with E-state index in [0.717, 1.165) is 11.0 Å². The van der Waals surface area contributed by atoms with Crippen LogP contribution in [0.15, 0.2) is 66.7 Å². The summed E-state index contributed by atoms with van der Waals surface area (Å²) in [7, 11) is 0. The molecule has 0 saturated heterocycles. The number of hydrogen-bond acceptors (Lipinski definition) is 2. The van der Waals surface area contributed by atoms with Crippen molar-refractivity contribution in [3.63, 3.8) is 0 Å². The van der Waals surface area contributed by atoms with Gasteiger partial charge in [0.25, 0.3) is 0 Å². The summed E-state index contributed by atoms with van der Waals surface area (Å²) in [5.41, 5.74) is 2.95. The highest BCUT2D eigenvalue weighted by Crippen LogP contribution is 2.32. The number of para-hydroxylation sites is 2. The maximum atomic E-state index is 12.7. The van der Waals surface area contributed by atoms with Crippen LogP contribution in [0.25, 0.3) is 22.4 Å². The summed E-state index contributed by atoms with van der Waals surface area (Å²) < 4.78 is 1.84. The van der Waals surface area contributed by atoms with E-state index in [4.69, 9.17) is 34.8 Å². The van der Waals surface area contributed by atoms with Crippen molar-refractivity contribution in [1.29, 1.82) is 0 Å². The van der Waals surface area contributed by atoms with Crippen LogP contribution in [0.2, 0.25) is 15.1 Å². The monoisotopic (exact) mass is 429 g/mol. The average molecular weight is 431 g/mol. The van der Waals surface area contributed by atoms with Crippen LogP contribution in [0.5, 0.6) is 0 Å². The number of halogens is 3. The molecule has 0 unspecified atom stereocenters. The predicted octanol–water partition coefficient (Wildman–Crippen LogP) is 6.30. The predicted molar refractivity (Wildman–Crippen MR) is 115 cm³/mol. The Balaban J connectivity index is 1.74. The lowest BCUT2D eigenvalue weighted by atomic mass is 10.2. The molecular formula is C21H14Cl3N3O. The third-order valence-corrected chi connectivity index (χ3v) is 5.02. The first-order chi connectivity index (χ1) is 13.5. The number of hydrogen-bond donors (Lipinski definition) is 1. The standard InChI is InChI=1S/C21H14Cl3N3O/c22-13-4-3-5-15(10-13)25-20(28)12-27-19-7-2-1-6-18(19)26-21(27)16-9-8-14(23)11-17(16)24/h1-11H,12H2,(H,25,28). The first kappa shape index (κ1) is 18.8. The zero-order chi connectivity index (χ0) is 19.7. The van der Waals surface area contributed by atoms with Crippen LogP contribution >= 0.6 is 34.8 Å². The number of nitrogens with zero attached hydrogens (tertiary/aromatic N) is 2. The van der Waals surface area contributed by atoms with Gasteiger partial charge in [0.05, 0.1) is 16.1 Å². The number of fused-ring (bicyclic) bond motifs is 1. The van der Waals surface area contributed by atoms with E-state index in [1.54, 1.807) is 42.5 Å². The van der Waals surface area contributed by atoms with Crippen LogP contribution in [-0.2, 0) is 11.3 Å². The minimum absolute atomic E-state index is 0.0707. The van der Waals surface area contributed by atoms with Gasteiger partial charge in [-0.2, -0.15) is 0 Å². The van der Waals surface area contributed by atoms with Gasteiger partial charge < -0.3 is 9.88 Å². The molecule has 4 aromatic rings. The third-order valence-electron chi connectivity index (χ3n) is 4.24. The number of carbonyl (C=O) groups is 1. The third kappa shape index (κ3) is 3.85. The summed E-state index contributed by atoms with van der Waals surface area (Å²) in [5.74, 6) is 0.404. The summed E-state index contributed by atoms with van der Waals surface area (Å²) in [5, 5.41) is 4.43. The Labute approximate surface area is 176 Å². The smallest absolute Gasteiger partial charge is 0.244 e. The summed E-state index contributed by atoms with van der Waals surface area (Å²) in [6.07, 6.45) is 0. The minimum atomic E-state index is -0.197. The fraction of sp³-hybridized carbons (Fsp3) is 0.0476. The highest BCUT2D eigenvalue weighted by molar-refractivity contribution is 6.36. The lowest BCUT2D eigenvalue weighted by Crippen LogP contribution is -2.19. The maximum Gasteiger partial charge on any atom is 0.244 e. The second-order valence-corrected chi connectivity index (χ2v) is 7.47. The minimum Gasteiger partial charge on any atom is -0.324 e. The van der Waals surface area contributed by atoms with Gasteiger partial charge in [-0.15, -0.1) is 0 Å². The van der Waals surface area contributed by atoms with E-state index in [1.165, 1.54) is 0 Å². The number of anilines is 1. The first-order valence-corrected chi connectivity index (χ1v) is 9.61. The van der Waals surface area contributed by atoms with Crippen molar-refractivity contribution in [1.82, 2.24) is 9.55 Å². The topological polar surface area (TPSA) is 46.9 Å². The molecule has 1 amide bonds. The number of nitrogens with one attached hydrogen (secondary N) is 1. The van der Waals surface area contributed by atoms with Crippen molar-refractivity contribution < 1.29 is 4.79 Å². The van der Waals surface area contributed by atoms with E-state index in [2.05, 4.69) is 10.3 Å². The van der Waals surface area contributed by atoms with Crippen LogP contribution < -0.4 is 5.32 Å². The molecule has 7 heteroatoms. The lowest BCUT2D eigenvalue weighted by Gasteiger charge is -2.11. The van der Waals surface area contributed by atoms with E-state index in [0.29, 0.717) is 32.1 Å². The van der Waals surface area contributed by atoms with E-state index < -0.39 is 0 Å². The number of carbonyl (C=O) groups excluding carboxylic acids is 1. The molecule has 0 aliphatic carbocycles. The fourth-order valence-electron chi connectivity index (χ4n) is 3.02. The summed E-state index contributed by atoms with van der Waals surface area (Å²) in [6.45, 7) is 0.0707. The van der Waals surface area contributed by atoms with Crippen molar-refractivity contribution in [2.45, 2.75) is 6.54 Å². The van der Waals surface area contributed by atoms with Crippen LogP contribution in [0.1, 0.15) is 0 Å². The fourth-order valence-corrected chi connectivity index (χ4v) is 3.71. The van der Waals surface area contributed by atoms with Gasteiger partial charge in [0.2, 0.25) is 5.91 Å². The summed E-state index contributed by atoms with van der Waals surface area (Å²) in [4.78, 5) is 17.4. The maximum absolute atomic E-state index is 12.7. The van der Waals surface area contributed by atoms with Crippen LogP contribution in [0.4, 0.5) is 5.69 Å². The van der Waals surface area contributed by atoms with E-state index in [9.17, 15) is 4.79 Å². The first-order valence-electron chi connectivity index (χ1n) is 8.47. The zero-order valence-electron chi connectivity index (χ0n) is 14.5. The average Bonchev–Trinajstić information content (AvgIpc) is 3.00. The molecule has 28 heavy (non-hydrogen) atoms. The second-order valence-electron chi connectivity index (χ2n) is 6.19. The normalized spacial score (nSPS) is 11.0. The molecule has 0 bridgehead atoms. The second kappa shape index (κ2) is 7.84. The van der Waals surface area contributed by atoms with Gasteiger partial charge in [-0.05, 0) is 48.5 Å². The van der Waals surface area contributed by atoms with Crippen molar-refractivity contribution in [3.8, 4) is 11.4 Å². The van der Waals surface area contributed by atoms with Crippen molar-refractivity contribution in [2.75, 3.05) is 5.32 Å². The zero-order valence-corrected chi connectivity index (χ0v) is 16.8. The van der Waals surface area contributed by atoms with Gasteiger partial charge in [-0.3, -0.25) is 4.79 Å². The molecule has 140 valence electrons. The Morgan fingerprint density at radius 2 is 1.71 bits per heavy atom. The van der Waals surface area contributed by atoms with Gasteiger partial charge in [-0.1, -0.05) is 53.0 Å². The quantitative estimate of drug-likeness (QED) is 0.413. The number of rotatable bonds is 4. The van der Waals surface area contributed by atoms with Gasteiger partial charge in [0.15, 0.2) is 0 Å². The molecule has 0 radical (unpaired) electrons. The Kier molecular flexibility index (Phi) is 5.27. The molecule has 0 aliphatic heterocycles. The molecule has 0 atom stereocenters. The Bertz CT molecular complexity index is 1190. The molecule has 0 aliphatic rings. The van der Waals surface area contributed by atoms with Crippen molar-refractivity contribution >= 4 is 57.4 Å². The molecule has 0 fully saturated rings. The molecule has 0 saturated carbocycles. The Morgan fingerprint density at radius 3 is 2.50 bits per heavy atom. The summed E-state index contributed by atoms with van der Waals surface area (Å²) in [6, 6.07) is 19.8. The Hall–Kier alpha value is -2.53. The molecule has 1 N–H and O–H groups in total. The summed E-state index contributed by atoms with van der Waals surface area (Å²) >= 11 is 18.4. The van der Waals surface area contributed by atoms with E-state index in [-0.39, 0.29) is 12.5 Å². The molecule has 1 heterocycles. The molecule has 0 spiro atoms. The van der Waals surface area contributed by atoms with Crippen molar-refractivity contribution in [2.24, 2.45) is 0 Å². The molecular weight excluding hydrogens is 417 g/mol. The van der Waals surface area contributed by atoms with Crippen LogP contribution in [0, 0.1) is 0 Å². The van der Waals surface area contributed by atoms with Gasteiger partial charge in [0.1, 0.15) is 12.4 Å². The van der Waals surface area contributed by atoms with Crippen LogP contribution in [0.3, 0.4) is 0 Å². The van der Waals surface area contributed by atoms with Gasteiger partial charge >= 0.3 is 0 Å². The van der Waals surface area contributed by atoms with E-state index in [1.807, 2.05) is 28.8 Å². The van der Waals surface area contributed by atoms with E-state index >= 15 is 0 Å². The molecule has 1 aromatic heterocycles. The highest BCUT2D eigenvalue weighted by Gasteiger charge is 2.17. The number of benzene rings is 3. The number of amides is 1. The van der Waals surface area contributed by atoms with Crippen molar-refractivity contribution in [3.05, 3.63) is 81.8 Å². The number of aromatic nitrogens is 2. The van der Waals surface area contributed by atoms with Gasteiger partial charge in [-0.25, -0.2) is 4.98 Å². The largest absolute Gasteiger partial charge is 0.324 e. The SMILES string of the molecule is O=C(Cn1c(-c2ccc(Cl)cc2Cl)nc2ccccc21)Nc1cccc(Cl)c1. The molecule has 3 aromatic carbocycles. The van der Waals surface area contributed by atoms with Gasteiger partial charge in [0, 0.05) is 21.3 Å². The number of imidazole rings is 1. The highest BCUT2D eigenvalue weighted by atomic mass is 35.5. The molecule has 4 nitrogen and oxygen atoms in total. The molecule has 4 rings (SSSR count). The lowest BCUT2D eigenvalue weighted by molar-refractivity contribution is -0.116. The van der Waals surface area contributed by atoms with Crippen LogP contribution in [-0.4, -0.2) is 15.5 Å². The Morgan fingerprint density at radius 1 is 0.929 bits per heavy atom.